The van der Waals surface area contributed by atoms with Gasteiger partial charge in [-0.2, -0.15) is 5.10 Å². The van der Waals surface area contributed by atoms with E-state index in [1.807, 2.05) is 0 Å². The van der Waals surface area contributed by atoms with Crippen molar-refractivity contribution in [1.82, 2.24) is 20.1 Å². The SMILES string of the molecule is CC(NC(=O)c1cccc([N+](=O)[O-])c1)C(=O)Nc1ccc(-n2cccn2)nc1. The minimum atomic E-state index is -0.863. The van der Waals surface area contributed by atoms with Crippen LogP contribution < -0.4 is 10.6 Å². The lowest BCUT2D eigenvalue weighted by atomic mass is 10.1. The number of hydrogen-bond donors (Lipinski definition) is 2. The van der Waals surface area contributed by atoms with E-state index in [9.17, 15) is 19.7 Å². The molecule has 10 nitrogen and oxygen atoms in total. The maximum atomic E-state index is 12.3. The molecule has 0 aliphatic heterocycles. The van der Waals surface area contributed by atoms with Crippen LogP contribution in [0.3, 0.4) is 0 Å². The molecule has 2 N–H and O–H groups in total. The van der Waals surface area contributed by atoms with Gasteiger partial charge in [-0.3, -0.25) is 19.7 Å². The molecule has 142 valence electrons. The minimum Gasteiger partial charge on any atom is -0.341 e. The van der Waals surface area contributed by atoms with Crippen LogP contribution >= 0.6 is 0 Å². The van der Waals surface area contributed by atoms with Crippen molar-refractivity contribution in [2.24, 2.45) is 0 Å². The number of nitrogens with one attached hydrogen (secondary N) is 2. The smallest absolute Gasteiger partial charge is 0.270 e. The van der Waals surface area contributed by atoms with Gasteiger partial charge in [-0.05, 0) is 31.2 Å². The van der Waals surface area contributed by atoms with Crippen LogP contribution in [0.2, 0.25) is 0 Å². The lowest BCUT2D eigenvalue weighted by Gasteiger charge is -2.14. The maximum absolute atomic E-state index is 12.3. The van der Waals surface area contributed by atoms with Gasteiger partial charge in [0.1, 0.15) is 6.04 Å². The van der Waals surface area contributed by atoms with E-state index in [4.69, 9.17) is 0 Å². The number of carbonyl (C=O) groups excluding carboxylic acids is 2. The van der Waals surface area contributed by atoms with Crippen molar-refractivity contribution in [3.8, 4) is 5.82 Å². The van der Waals surface area contributed by atoms with Crippen molar-refractivity contribution in [2.45, 2.75) is 13.0 Å². The molecule has 2 amide bonds. The van der Waals surface area contributed by atoms with Crippen LogP contribution in [0.25, 0.3) is 5.82 Å². The second kappa shape index (κ2) is 8.08. The van der Waals surface area contributed by atoms with Gasteiger partial charge < -0.3 is 10.6 Å². The van der Waals surface area contributed by atoms with Crippen LogP contribution in [0.5, 0.6) is 0 Å². The summed E-state index contributed by atoms with van der Waals surface area (Å²) in [5, 5.41) is 20.0. The Morgan fingerprint density at radius 1 is 1.21 bits per heavy atom. The van der Waals surface area contributed by atoms with Crippen molar-refractivity contribution in [3.63, 3.8) is 0 Å². The molecule has 1 unspecified atom stereocenters. The predicted molar refractivity (Wildman–Crippen MR) is 100 cm³/mol. The molecule has 0 radical (unpaired) electrons. The molecule has 0 spiro atoms. The summed E-state index contributed by atoms with van der Waals surface area (Å²) in [6, 6.07) is 9.53. The third kappa shape index (κ3) is 4.36. The number of benzene rings is 1. The molecule has 0 aliphatic carbocycles. The van der Waals surface area contributed by atoms with E-state index < -0.39 is 22.8 Å². The van der Waals surface area contributed by atoms with E-state index in [-0.39, 0.29) is 11.3 Å². The fourth-order valence-corrected chi connectivity index (χ4v) is 2.36. The van der Waals surface area contributed by atoms with E-state index >= 15 is 0 Å². The molecule has 0 saturated heterocycles. The summed E-state index contributed by atoms with van der Waals surface area (Å²) in [4.78, 5) is 38.9. The van der Waals surface area contributed by atoms with Crippen LogP contribution in [0, 0.1) is 10.1 Å². The predicted octanol–water partition coefficient (Wildman–Crippen LogP) is 1.93. The van der Waals surface area contributed by atoms with Crippen molar-refractivity contribution in [3.05, 3.63) is 76.7 Å². The number of nitrogens with zero attached hydrogens (tertiary/aromatic N) is 4. The maximum Gasteiger partial charge on any atom is 0.270 e. The monoisotopic (exact) mass is 380 g/mol. The zero-order valence-corrected chi connectivity index (χ0v) is 14.8. The topological polar surface area (TPSA) is 132 Å². The normalized spacial score (nSPS) is 11.5. The van der Waals surface area contributed by atoms with Crippen molar-refractivity contribution in [2.75, 3.05) is 5.32 Å². The summed E-state index contributed by atoms with van der Waals surface area (Å²) in [7, 11) is 0. The van der Waals surface area contributed by atoms with Gasteiger partial charge in [0, 0.05) is 30.1 Å². The quantitative estimate of drug-likeness (QED) is 0.496. The van der Waals surface area contributed by atoms with Gasteiger partial charge in [-0.1, -0.05) is 6.07 Å². The second-order valence-electron chi connectivity index (χ2n) is 5.85. The molecule has 3 aromatic rings. The van der Waals surface area contributed by atoms with Gasteiger partial charge in [0.15, 0.2) is 5.82 Å². The third-order valence-electron chi connectivity index (χ3n) is 3.81. The van der Waals surface area contributed by atoms with E-state index in [0.29, 0.717) is 11.5 Å². The molecule has 0 fully saturated rings. The number of nitro benzene ring substituents is 1. The number of carbonyl (C=O) groups is 2. The van der Waals surface area contributed by atoms with Gasteiger partial charge >= 0.3 is 0 Å². The first-order valence-electron chi connectivity index (χ1n) is 8.26. The summed E-state index contributed by atoms with van der Waals surface area (Å²) >= 11 is 0. The largest absolute Gasteiger partial charge is 0.341 e. The van der Waals surface area contributed by atoms with E-state index in [2.05, 4.69) is 20.7 Å². The average Bonchev–Trinajstić information content (AvgIpc) is 3.23. The molecule has 3 rings (SSSR count). The Kier molecular flexibility index (Phi) is 5.40. The molecule has 28 heavy (non-hydrogen) atoms. The number of rotatable bonds is 6. The van der Waals surface area contributed by atoms with Gasteiger partial charge in [-0.15, -0.1) is 0 Å². The molecular weight excluding hydrogens is 364 g/mol. The Bertz CT molecular complexity index is 1000. The molecule has 10 heteroatoms. The standard InChI is InChI=1S/C18H16N6O4/c1-12(21-18(26)13-4-2-5-15(10-13)24(27)28)17(25)22-14-6-7-16(19-11-14)23-9-3-8-20-23/h2-12H,1H3,(H,21,26)(H,22,25). The number of pyridine rings is 1. The van der Waals surface area contributed by atoms with E-state index in [0.717, 1.165) is 6.07 Å². The van der Waals surface area contributed by atoms with Crippen molar-refractivity contribution >= 4 is 23.2 Å². The Morgan fingerprint density at radius 2 is 2.04 bits per heavy atom. The number of hydrogen-bond acceptors (Lipinski definition) is 6. The fourth-order valence-electron chi connectivity index (χ4n) is 2.36. The Hall–Kier alpha value is -4.08. The highest BCUT2D eigenvalue weighted by atomic mass is 16.6. The van der Waals surface area contributed by atoms with Gasteiger partial charge in [0.2, 0.25) is 5.91 Å². The fraction of sp³-hybridized carbons (Fsp3) is 0.111. The van der Waals surface area contributed by atoms with Gasteiger partial charge in [0.05, 0.1) is 16.8 Å². The number of non-ortho nitro benzene ring substituents is 1. The Morgan fingerprint density at radius 3 is 2.68 bits per heavy atom. The van der Waals surface area contributed by atoms with E-state index in [1.54, 1.807) is 35.3 Å². The molecule has 2 heterocycles. The first kappa shape index (κ1) is 18.7. The zero-order chi connectivity index (χ0) is 20.1. The summed E-state index contributed by atoms with van der Waals surface area (Å²) in [6.45, 7) is 1.51. The number of amides is 2. The summed E-state index contributed by atoms with van der Waals surface area (Å²) in [5.41, 5.74) is 0.351. The Balaban J connectivity index is 1.60. The third-order valence-corrected chi connectivity index (χ3v) is 3.81. The lowest BCUT2D eigenvalue weighted by molar-refractivity contribution is -0.384. The van der Waals surface area contributed by atoms with Crippen molar-refractivity contribution < 1.29 is 14.5 Å². The Labute approximate surface area is 159 Å². The summed E-state index contributed by atoms with van der Waals surface area (Å²) < 4.78 is 1.58. The van der Waals surface area contributed by atoms with Crippen LogP contribution in [0.1, 0.15) is 17.3 Å². The highest BCUT2D eigenvalue weighted by molar-refractivity contribution is 6.01. The average molecular weight is 380 g/mol. The first-order valence-corrected chi connectivity index (χ1v) is 8.26. The highest BCUT2D eigenvalue weighted by Gasteiger charge is 2.18. The molecule has 2 aromatic heterocycles. The lowest BCUT2D eigenvalue weighted by Crippen LogP contribution is -2.41. The van der Waals surface area contributed by atoms with Gasteiger partial charge in [0.25, 0.3) is 11.6 Å². The second-order valence-corrected chi connectivity index (χ2v) is 5.85. The molecule has 0 saturated carbocycles. The first-order chi connectivity index (χ1) is 13.4. The summed E-state index contributed by atoms with van der Waals surface area (Å²) in [6.07, 6.45) is 4.85. The number of nitro groups is 1. The molecule has 0 bridgehead atoms. The van der Waals surface area contributed by atoms with Crippen LogP contribution in [0.4, 0.5) is 11.4 Å². The van der Waals surface area contributed by atoms with Crippen LogP contribution in [-0.2, 0) is 4.79 Å². The van der Waals surface area contributed by atoms with Crippen LogP contribution in [-0.4, -0.2) is 37.5 Å². The van der Waals surface area contributed by atoms with Crippen LogP contribution in [0.15, 0.2) is 61.1 Å². The molecular formula is C18H16N6O4. The number of aromatic nitrogens is 3. The van der Waals surface area contributed by atoms with E-state index in [1.165, 1.54) is 31.3 Å². The van der Waals surface area contributed by atoms with Crippen molar-refractivity contribution in [1.29, 1.82) is 0 Å². The summed E-state index contributed by atoms with van der Waals surface area (Å²) in [5.74, 6) is -0.444. The molecule has 0 aliphatic rings. The minimum absolute atomic E-state index is 0.0964. The zero-order valence-electron chi connectivity index (χ0n) is 14.8. The van der Waals surface area contributed by atoms with Gasteiger partial charge in [-0.25, -0.2) is 9.67 Å². The molecule has 1 aromatic carbocycles. The highest BCUT2D eigenvalue weighted by Crippen LogP contribution is 2.13. The number of anilines is 1. The molecule has 1 atom stereocenters.